The molecule has 0 fully saturated rings. The number of benzene rings is 1. The van der Waals surface area contributed by atoms with Crippen molar-refractivity contribution in [2.24, 2.45) is 0 Å². The summed E-state index contributed by atoms with van der Waals surface area (Å²) < 4.78 is 13.6. The summed E-state index contributed by atoms with van der Waals surface area (Å²) in [6.45, 7) is 0. The fourth-order valence-corrected chi connectivity index (χ4v) is 1.51. The predicted octanol–water partition coefficient (Wildman–Crippen LogP) is 2.93. The SMILES string of the molecule is Fc1cccc(Cl)c1-c1nc(=S)[nH][nH]1. The van der Waals surface area contributed by atoms with E-state index in [2.05, 4.69) is 15.2 Å². The summed E-state index contributed by atoms with van der Waals surface area (Å²) in [7, 11) is 0. The first-order valence-electron chi connectivity index (χ1n) is 3.77. The van der Waals surface area contributed by atoms with Crippen LogP contribution in [-0.4, -0.2) is 15.2 Å². The smallest absolute Gasteiger partial charge is 0.213 e. The maximum absolute atomic E-state index is 13.4. The van der Waals surface area contributed by atoms with Crippen molar-refractivity contribution < 1.29 is 4.39 Å². The molecule has 0 radical (unpaired) electrons. The molecule has 2 aromatic rings. The molecule has 0 aliphatic carbocycles. The van der Waals surface area contributed by atoms with E-state index in [0.29, 0.717) is 10.8 Å². The molecule has 2 N–H and O–H groups in total. The average Bonchev–Trinajstić information content (AvgIpc) is 2.51. The molecule has 1 heterocycles. The van der Waals surface area contributed by atoms with Crippen LogP contribution in [0.2, 0.25) is 5.02 Å². The second kappa shape index (κ2) is 3.51. The lowest BCUT2D eigenvalue weighted by Gasteiger charge is -2.00. The van der Waals surface area contributed by atoms with E-state index < -0.39 is 5.82 Å². The first-order chi connectivity index (χ1) is 6.68. The number of H-pyrrole nitrogens is 2. The lowest BCUT2D eigenvalue weighted by Crippen LogP contribution is -1.87. The second-order valence-electron chi connectivity index (χ2n) is 2.61. The normalized spacial score (nSPS) is 10.4. The van der Waals surface area contributed by atoms with Crippen molar-refractivity contribution in [3.05, 3.63) is 33.8 Å². The molecule has 6 heteroatoms. The zero-order valence-corrected chi connectivity index (χ0v) is 8.42. The van der Waals surface area contributed by atoms with Crippen LogP contribution in [0.4, 0.5) is 4.39 Å². The van der Waals surface area contributed by atoms with Crippen LogP contribution in [0, 0.1) is 10.6 Å². The van der Waals surface area contributed by atoms with Gasteiger partial charge in [-0.25, -0.2) is 4.39 Å². The van der Waals surface area contributed by atoms with Crippen molar-refractivity contribution >= 4 is 23.8 Å². The molecule has 3 nitrogen and oxygen atoms in total. The highest BCUT2D eigenvalue weighted by Crippen LogP contribution is 2.27. The molecule has 0 aliphatic heterocycles. The zero-order chi connectivity index (χ0) is 10.1. The first-order valence-corrected chi connectivity index (χ1v) is 4.56. The van der Waals surface area contributed by atoms with Crippen molar-refractivity contribution in [3.63, 3.8) is 0 Å². The number of nitrogens with zero attached hydrogens (tertiary/aromatic N) is 1. The van der Waals surface area contributed by atoms with Crippen LogP contribution in [0.25, 0.3) is 11.4 Å². The van der Waals surface area contributed by atoms with E-state index >= 15 is 0 Å². The minimum absolute atomic E-state index is 0.224. The number of halogens is 2. The monoisotopic (exact) mass is 229 g/mol. The largest absolute Gasteiger partial charge is 0.282 e. The van der Waals surface area contributed by atoms with E-state index in [1.54, 1.807) is 6.07 Å². The molecule has 2 rings (SSSR count). The maximum Gasteiger partial charge on any atom is 0.213 e. The van der Waals surface area contributed by atoms with Gasteiger partial charge in [-0.1, -0.05) is 17.7 Å². The molecule has 0 amide bonds. The van der Waals surface area contributed by atoms with E-state index in [1.807, 2.05) is 0 Å². The molecule has 0 saturated heterocycles. The molecule has 0 atom stereocenters. The highest BCUT2D eigenvalue weighted by Gasteiger charge is 2.11. The number of nitrogens with one attached hydrogen (secondary N) is 2. The molecule has 72 valence electrons. The molecule has 1 aromatic heterocycles. The second-order valence-corrected chi connectivity index (χ2v) is 3.41. The molecular weight excluding hydrogens is 225 g/mol. The van der Waals surface area contributed by atoms with Gasteiger partial charge in [0.05, 0.1) is 10.6 Å². The van der Waals surface area contributed by atoms with Gasteiger partial charge in [-0.3, -0.25) is 10.2 Å². The molecular formula is C8H5ClFN3S. The van der Waals surface area contributed by atoms with Gasteiger partial charge in [-0.05, 0) is 24.4 Å². The number of hydrogen-bond donors (Lipinski definition) is 2. The Kier molecular flexibility index (Phi) is 2.35. The van der Waals surface area contributed by atoms with Gasteiger partial charge in [-0.15, -0.1) is 0 Å². The van der Waals surface area contributed by atoms with E-state index in [1.165, 1.54) is 12.1 Å². The van der Waals surface area contributed by atoms with Gasteiger partial charge in [0.25, 0.3) is 0 Å². The Morgan fingerprint density at radius 3 is 2.71 bits per heavy atom. The fraction of sp³-hybridized carbons (Fsp3) is 0. The minimum Gasteiger partial charge on any atom is -0.282 e. The minimum atomic E-state index is -0.435. The van der Waals surface area contributed by atoms with Crippen LogP contribution in [0.5, 0.6) is 0 Å². The molecule has 0 aliphatic rings. The molecule has 1 aromatic carbocycles. The maximum atomic E-state index is 13.4. The van der Waals surface area contributed by atoms with Gasteiger partial charge in [0.2, 0.25) is 4.77 Å². The van der Waals surface area contributed by atoms with Crippen LogP contribution < -0.4 is 0 Å². The quantitative estimate of drug-likeness (QED) is 0.739. The van der Waals surface area contributed by atoms with Crippen molar-refractivity contribution in [1.82, 2.24) is 15.2 Å². The highest BCUT2D eigenvalue weighted by atomic mass is 35.5. The summed E-state index contributed by atoms with van der Waals surface area (Å²) in [5.74, 6) is -0.131. The Balaban J connectivity index is 2.67. The summed E-state index contributed by atoms with van der Waals surface area (Å²) in [6, 6.07) is 4.43. The zero-order valence-electron chi connectivity index (χ0n) is 6.84. The van der Waals surface area contributed by atoms with Gasteiger partial charge in [-0.2, -0.15) is 4.98 Å². The number of aromatic nitrogens is 3. The van der Waals surface area contributed by atoms with E-state index in [4.69, 9.17) is 23.8 Å². The van der Waals surface area contributed by atoms with Gasteiger partial charge in [0.15, 0.2) is 5.82 Å². The van der Waals surface area contributed by atoms with Crippen LogP contribution in [-0.2, 0) is 0 Å². The molecule has 0 bridgehead atoms. The highest BCUT2D eigenvalue weighted by molar-refractivity contribution is 7.71. The third-order valence-electron chi connectivity index (χ3n) is 1.70. The Morgan fingerprint density at radius 1 is 1.36 bits per heavy atom. The van der Waals surface area contributed by atoms with E-state index in [-0.39, 0.29) is 10.3 Å². The Hall–Kier alpha value is -1.20. The Labute approximate surface area is 88.9 Å². The molecule has 14 heavy (non-hydrogen) atoms. The van der Waals surface area contributed by atoms with Crippen molar-refractivity contribution in [1.29, 1.82) is 0 Å². The van der Waals surface area contributed by atoms with Gasteiger partial charge < -0.3 is 0 Å². The van der Waals surface area contributed by atoms with E-state index in [9.17, 15) is 4.39 Å². The summed E-state index contributed by atoms with van der Waals surface area (Å²) in [4.78, 5) is 3.88. The Morgan fingerprint density at radius 2 is 2.14 bits per heavy atom. The number of rotatable bonds is 1. The molecule has 0 spiro atoms. The lowest BCUT2D eigenvalue weighted by atomic mass is 10.2. The lowest BCUT2D eigenvalue weighted by molar-refractivity contribution is 0.630. The standard InChI is InChI=1S/C8H5ClFN3S/c9-4-2-1-3-5(10)6(4)7-11-8(14)13-12-7/h1-3H,(H2,11,12,13,14). The predicted molar refractivity (Wildman–Crippen MR) is 54.2 cm³/mol. The van der Waals surface area contributed by atoms with Gasteiger partial charge >= 0.3 is 0 Å². The van der Waals surface area contributed by atoms with E-state index in [0.717, 1.165) is 0 Å². The summed E-state index contributed by atoms with van der Waals surface area (Å²) >= 11 is 10.6. The van der Waals surface area contributed by atoms with Crippen LogP contribution in [0.1, 0.15) is 0 Å². The van der Waals surface area contributed by atoms with Gasteiger partial charge in [0.1, 0.15) is 5.82 Å². The first kappa shape index (κ1) is 9.36. The average molecular weight is 230 g/mol. The van der Waals surface area contributed by atoms with Crippen LogP contribution >= 0.6 is 23.8 Å². The van der Waals surface area contributed by atoms with Crippen molar-refractivity contribution in [3.8, 4) is 11.4 Å². The van der Waals surface area contributed by atoms with Crippen LogP contribution in [0.15, 0.2) is 18.2 Å². The topological polar surface area (TPSA) is 44.5 Å². The van der Waals surface area contributed by atoms with Crippen molar-refractivity contribution in [2.75, 3.05) is 0 Å². The summed E-state index contributed by atoms with van der Waals surface area (Å²) in [5.41, 5.74) is 0.224. The third-order valence-corrected chi connectivity index (χ3v) is 2.21. The molecule has 0 unspecified atom stereocenters. The summed E-state index contributed by atoms with van der Waals surface area (Å²) in [6.07, 6.45) is 0. The Bertz CT molecular complexity index is 499. The number of aromatic amines is 2. The third kappa shape index (κ3) is 1.56. The van der Waals surface area contributed by atoms with Crippen molar-refractivity contribution in [2.45, 2.75) is 0 Å². The van der Waals surface area contributed by atoms with Gasteiger partial charge in [0, 0.05) is 0 Å². The molecule has 0 saturated carbocycles. The summed E-state index contributed by atoms with van der Waals surface area (Å²) in [5, 5.41) is 5.51. The fourth-order valence-electron chi connectivity index (χ4n) is 1.11. The van der Waals surface area contributed by atoms with Crippen LogP contribution in [0.3, 0.4) is 0 Å². The number of hydrogen-bond acceptors (Lipinski definition) is 2.